The van der Waals surface area contributed by atoms with Crippen LogP contribution >= 0.6 is 0 Å². The summed E-state index contributed by atoms with van der Waals surface area (Å²) in [6, 6.07) is 8.70. The molecule has 8 rings (SSSR count). The van der Waals surface area contributed by atoms with E-state index >= 15 is 0 Å². The average molecular weight is 845 g/mol. The van der Waals surface area contributed by atoms with E-state index < -0.39 is 18.0 Å². The molecular weight excluding hydrogens is 793 g/mol. The highest BCUT2D eigenvalue weighted by atomic mass is 16.5. The van der Waals surface area contributed by atoms with Gasteiger partial charge in [-0.15, -0.1) is 0 Å². The van der Waals surface area contributed by atoms with Crippen LogP contribution in [-0.2, 0) is 32.1 Å². The van der Waals surface area contributed by atoms with Crippen molar-refractivity contribution in [3.05, 3.63) is 77.2 Å². The van der Waals surface area contributed by atoms with E-state index in [1.54, 1.807) is 18.6 Å². The van der Waals surface area contributed by atoms with Gasteiger partial charge in [0.25, 0.3) is 0 Å². The highest BCUT2D eigenvalue weighted by molar-refractivity contribution is 6.01. The van der Waals surface area contributed by atoms with E-state index in [9.17, 15) is 24.0 Å². The molecule has 62 heavy (non-hydrogen) atoms. The maximum Gasteiger partial charge on any atom is 0.323 e. The van der Waals surface area contributed by atoms with Crippen LogP contribution in [0.1, 0.15) is 98.4 Å². The Labute approximate surface area is 358 Å². The van der Waals surface area contributed by atoms with Crippen LogP contribution in [-0.4, -0.2) is 102 Å². The van der Waals surface area contributed by atoms with Crippen molar-refractivity contribution < 1.29 is 28.5 Å². The van der Waals surface area contributed by atoms with E-state index in [2.05, 4.69) is 46.1 Å². The summed E-state index contributed by atoms with van der Waals surface area (Å²) in [7, 11) is 0. The van der Waals surface area contributed by atoms with Crippen molar-refractivity contribution in [1.29, 1.82) is 0 Å². The van der Waals surface area contributed by atoms with Gasteiger partial charge in [-0.3, -0.25) is 29.5 Å². The van der Waals surface area contributed by atoms with Crippen LogP contribution in [0.4, 0.5) is 21.9 Å². The number of fused-ring (bicyclic) bond motifs is 1. The predicted molar refractivity (Wildman–Crippen MR) is 229 cm³/mol. The van der Waals surface area contributed by atoms with E-state index in [1.807, 2.05) is 53.6 Å². The first-order valence-corrected chi connectivity index (χ1v) is 21.5. The lowest BCUT2D eigenvalue weighted by Crippen LogP contribution is -2.51. The quantitative estimate of drug-likeness (QED) is 0.0695. The number of piperidine rings is 1. The molecule has 3 aliphatic rings. The summed E-state index contributed by atoms with van der Waals surface area (Å²) in [4.78, 5) is 81.4. The third-order valence-electron chi connectivity index (χ3n) is 12.2. The molecule has 5 aromatic rings. The van der Waals surface area contributed by atoms with Crippen LogP contribution in [0.25, 0.3) is 17.2 Å². The van der Waals surface area contributed by atoms with Gasteiger partial charge >= 0.3 is 6.03 Å². The minimum atomic E-state index is -0.677. The van der Waals surface area contributed by atoms with Gasteiger partial charge in [-0.05, 0) is 80.8 Å². The predicted octanol–water partition coefficient (Wildman–Crippen LogP) is 5.31. The van der Waals surface area contributed by atoms with Crippen molar-refractivity contribution in [2.75, 3.05) is 41.7 Å². The molecule has 6 amide bonds. The van der Waals surface area contributed by atoms with E-state index in [-0.39, 0.29) is 24.8 Å². The molecule has 0 radical (unpaired) electrons. The number of carbonyl (C=O) groups is 5. The number of rotatable bonds is 15. The van der Waals surface area contributed by atoms with Crippen LogP contribution < -0.4 is 20.9 Å². The van der Waals surface area contributed by atoms with Crippen LogP contribution in [0.15, 0.2) is 53.4 Å². The smallest absolute Gasteiger partial charge is 0.323 e. The highest BCUT2D eigenvalue weighted by Gasteiger charge is 2.32. The largest absolute Gasteiger partial charge is 0.368 e. The standard InChI is InChI=1S/C44H52N12O6/c1-28-12-13-33(23-31(28)26-55(27-57)35-14-15-37(58)50-43(35)60)53-18-20-54(21-19-53)39(59)11-5-3-4-10-38-51-42(52-62-38)40-29(2)22-32(24-46-40)48-44(61)49-34-25-45-36-16-17-47-56(36)41(34)30-8-6-7-9-30/h12-13,16-17,22-25,27,30,35H,3-11,14-15,18-21,26H2,1-2H3,(H2,48,49,61)(H,50,58,60). The number of carbonyl (C=O) groups excluding carboxylic acids is 5. The Bertz CT molecular complexity index is 2450. The number of aryl methyl sites for hydroxylation is 3. The fraction of sp³-hybridized carbons (Fsp3) is 0.455. The lowest BCUT2D eigenvalue weighted by molar-refractivity contribution is -0.141. The number of unbranched alkanes of at least 4 members (excludes halogenated alkanes) is 2. The Morgan fingerprint density at radius 3 is 2.55 bits per heavy atom. The number of hydrogen-bond donors (Lipinski definition) is 3. The summed E-state index contributed by atoms with van der Waals surface area (Å²) in [6.45, 7) is 6.71. The molecule has 1 aromatic carbocycles. The topological polar surface area (TPSA) is 213 Å². The van der Waals surface area contributed by atoms with Crippen molar-refractivity contribution in [3.8, 4) is 11.5 Å². The minimum Gasteiger partial charge on any atom is -0.368 e. The van der Waals surface area contributed by atoms with Gasteiger partial charge in [0.1, 0.15) is 11.7 Å². The molecule has 2 aliphatic heterocycles. The highest BCUT2D eigenvalue weighted by Crippen LogP contribution is 2.37. The fourth-order valence-electron chi connectivity index (χ4n) is 8.74. The third-order valence-corrected chi connectivity index (χ3v) is 12.2. The summed E-state index contributed by atoms with van der Waals surface area (Å²) in [5.41, 5.74) is 7.15. The van der Waals surface area contributed by atoms with E-state index in [0.717, 1.165) is 78.7 Å². The van der Waals surface area contributed by atoms with Gasteiger partial charge in [-0.2, -0.15) is 10.1 Å². The van der Waals surface area contributed by atoms with Crippen LogP contribution in [0.5, 0.6) is 0 Å². The van der Waals surface area contributed by atoms with Crippen molar-refractivity contribution in [1.82, 2.24) is 44.8 Å². The second kappa shape index (κ2) is 18.9. The van der Waals surface area contributed by atoms with Gasteiger partial charge in [0.05, 0.1) is 35.7 Å². The number of imide groups is 1. The number of pyridine rings is 1. The van der Waals surface area contributed by atoms with Crippen molar-refractivity contribution in [2.24, 2.45) is 0 Å². The molecule has 0 bridgehead atoms. The monoisotopic (exact) mass is 844 g/mol. The molecule has 18 heteroatoms. The van der Waals surface area contributed by atoms with Gasteiger partial charge in [0.2, 0.25) is 35.8 Å². The zero-order chi connectivity index (χ0) is 43.2. The van der Waals surface area contributed by atoms with Gasteiger partial charge < -0.3 is 29.9 Å². The number of nitrogens with zero attached hydrogens (tertiary/aromatic N) is 9. The second-order valence-electron chi connectivity index (χ2n) is 16.4. The van der Waals surface area contributed by atoms with Crippen molar-refractivity contribution >= 4 is 52.9 Å². The van der Waals surface area contributed by atoms with E-state index in [1.165, 1.54) is 4.90 Å². The Balaban J connectivity index is 0.760. The molecule has 3 N–H and O–H groups in total. The average Bonchev–Trinajstić information content (AvgIpc) is 4.07. The number of aromatic nitrogens is 6. The number of amides is 6. The summed E-state index contributed by atoms with van der Waals surface area (Å²) in [6.07, 6.45) is 14.0. The summed E-state index contributed by atoms with van der Waals surface area (Å²) >= 11 is 0. The van der Waals surface area contributed by atoms with E-state index in [4.69, 9.17) is 4.52 Å². The molecule has 3 fully saturated rings. The molecular formula is C44H52N12O6. The number of nitrogens with one attached hydrogen (secondary N) is 3. The molecule has 18 nitrogen and oxygen atoms in total. The Hall–Kier alpha value is -6.72. The SMILES string of the molecule is Cc1ccc(N2CCN(C(=O)CCCCCc3nc(-c4ncc(NC(=O)Nc5cnc6ccnn6c5C5CCCC5)cc4C)no3)CC2)cc1CN(C=O)C1CCC(=O)NC1=O. The number of benzene rings is 1. The first kappa shape index (κ1) is 42.0. The lowest BCUT2D eigenvalue weighted by atomic mass is 10.0. The fourth-order valence-corrected chi connectivity index (χ4v) is 8.74. The van der Waals surface area contributed by atoms with Gasteiger partial charge in [0.15, 0.2) is 5.65 Å². The maximum atomic E-state index is 13.1. The Kier molecular flexibility index (Phi) is 12.8. The summed E-state index contributed by atoms with van der Waals surface area (Å²) < 4.78 is 7.36. The van der Waals surface area contributed by atoms with Crippen LogP contribution in [0, 0.1) is 13.8 Å². The van der Waals surface area contributed by atoms with Gasteiger partial charge in [-0.1, -0.05) is 30.5 Å². The normalized spacial score (nSPS) is 17.0. The van der Waals surface area contributed by atoms with Gasteiger partial charge in [-0.25, -0.2) is 14.3 Å². The van der Waals surface area contributed by atoms with Gasteiger partial charge in [0, 0.05) is 69.7 Å². The van der Waals surface area contributed by atoms with Crippen molar-refractivity contribution in [2.45, 2.75) is 103 Å². The Morgan fingerprint density at radius 1 is 0.952 bits per heavy atom. The second-order valence-corrected chi connectivity index (χ2v) is 16.4. The molecule has 4 aromatic heterocycles. The number of urea groups is 1. The minimum absolute atomic E-state index is 0.138. The van der Waals surface area contributed by atoms with Crippen LogP contribution in [0.3, 0.4) is 0 Å². The molecule has 6 heterocycles. The summed E-state index contributed by atoms with van der Waals surface area (Å²) in [5, 5.41) is 16.8. The zero-order valence-electron chi connectivity index (χ0n) is 35.1. The zero-order valence-corrected chi connectivity index (χ0v) is 35.1. The molecule has 1 aliphatic carbocycles. The first-order chi connectivity index (χ1) is 30.1. The molecule has 0 spiro atoms. The molecule has 1 saturated carbocycles. The van der Waals surface area contributed by atoms with Crippen molar-refractivity contribution in [3.63, 3.8) is 0 Å². The lowest BCUT2D eigenvalue weighted by Gasteiger charge is -2.36. The van der Waals surface area contributed by atoms with E-state index in [0.29, 0.717) is 86.6 Å². The molecule has 2 saturated heterocycles. The number of hydrogen-bond acceptors (Lipinski definition) is 12. The third kappa shape index (κ3) is 9.58. The number of anilines is 3. The Morgan fingerprint density at radius 2 is 1.77 bits per heavy atom. The molecule has 324 valence electrons. The van der Waals surface area contributed by atoms with Crippen LogP contribution in [0.2, 0.25) is 0 Å². The number of piperazine rings is 1. The first-order valence-electron chi connectivity index (χ1n) is 21.5. The summed E-state index contributed by atoms with van der Waals surface area (Å²) in [5.74, 6) is 0.555. The molecule has 1 atom stereocenters. The maximum absolute atomic E-state index is 13.1. The molecule has 1 unspecified atom stereocenters.